The molecule has 0 aliphatic heterocycles. The molecule has 1 aliphatic carbocycles. The van der Waals surface area contributed by atoms with E-state index < -0.39 is 5.82 Å². The lowest BCUT2D eigenvalue weighted by Gasteiger charge is -2.27. The highest BCUT2D eigenvalue weighted by Crippen LogP contribution is 2.29. The zero-order valence-corrected chi connectivity index (χ0v) is 11.0. The number of amidine groups is 1. The van der Waals surface area contributed by atoms with Crippen molar-refractivity contribution in [3.63, 3.8) is 0 Å². The van der Waals surface area contributed by atoms with Gasteiger partial charge in [-0.25, -0.2) is 4.39 Å². The predicted molar refractivity (Wildman–Crippen MR) is 71.0 cm³/mol. The third kappa shape index (κ3) is 3.36. The normalized spacial score (nSPS) is 24.2. The van der Waals surface area contributed by atoms with E-state index >= 15 is 0 Å². The van der Waals surface area contributed by atoms with Crippen molar-refractivity contribution in [1.82, 2.24) is 0 Å². The second-order valence-electron chi connectivity index (χ2n) is 5.13. The van der Waals surface area contributed by atoms with Crippen molar-refractivity contribution in [1.29, 1.82) is 0 Å². The van der Waals surface area contributed by atoms with Gasteiger partial charge in [0, 0.05) is 0 Å². The monoisotopic (exact) mass is 266 g/mol. The molecule has 1 fully saturated rings. The van der Waals surface area contributed by atoms with Crippen LogP contribution >= 0.6 is 0 Å². The number of rotatable bonds is 3. The Labute approximate surface area is 112 Å². The lowest BCUT2D eigenvalue weighted by molar-refractivity contribution is 0.135. The highest BCUT2D eigenvalue weighted by molar-refractivity contribution is 5.99. The molecule has 1 saturated carbocycles. The van der Waals surface area contributed by atoms with Crippen molar-refractivity contribution in [2.45, 2.75) is 38.7 Å². The maximum atomic E-state index is 13.2. The molecule has 0 atom stereocenters. The molecule has 0 heterocycles. The minimum absolute atomic E-state index is 0.118. The molecule has 2 rings (SSSR count). The van der Waals surface area contributed by atoms with E-state index in [1.54, 1.807) is 0 Å². The third-order valence-corrected chi connectivity index (χ3v) is 3.58. The second kappa shape index (κ2) is 5.91. The highest BCUT2D eigenvalue weighted by Gasteiger charge is 2.21. The molecule has 19 heavy (non-hydrogen) atoms. The molecular formula is C14H19FN2O2. The smallest absolute Gasteiger partial charge is 0.173 e. The van der Waals surface area contributed by atoms with Crippen LogP contribution in [0.3, 0.4) is 0 Å². The van der Waals surface area contributed by atoms with Crippen LogP contribution in [0.5, 0.6) is 5.75 Å². The number of hydrogen-bond acceptors (Lipinski definition) is 3. The molecule has 3 N–H and O–H groups in total. The number of nitrogens with zero attached hydrogens (tertiary/aromatic N) is 1. The van der Waals surface area contributed by atoms with Gasteiger partial charge >= 0.3 is 0 Å². The van der Waals surface area contributed by atoms with E-state index in [4.69, 9.17) is 15.7 Å². The van der Waals surface area contributed by atoms with Crippen LogP contribution in [0.1, 0.15) is 38.2 Å². The molecule has 0 aromatic heterocycles. The molecule has 104 valence electrons. The Hall–Kier alpha value is -1.78. The van der Waals surface area contributed by atoms with Crippen molar-refractivity contribution in [2.75, 3.05) is 0 Å². The Bertz CT molecular complexity index is 469. The van der Waals surface area contributed by atoms with Gasteiger partial charge in [0.15, 0.2) is 5.84 Å². The number of nitrogens with two attached hydrogens (primary N) is 1. The lowest BCUT2D eigenvalue weighted by Crippen LogP contribution is -2.25. The van der Waals surface area contributed by atoms with E-state index in [-0.39, 0.29) is 11.9 Å². The lowest BCUT2D eigenvalue weighted by atomic mass is 9.89. The summed E-state index contributed by atoms with van der Waals surface area (Å²) in [6.45, 7) is 2.23. The van der Waals surface area contributed by atoms with Gasteiger partial charge < -0.3 is 15.7 Å². The minimum atomic E-state index is -0.439. The molecule has 5 heteroatoms. The average molecular weight is 266 g/mol. The quantitative estimate of drug-likeness (QED) is 0.382. The summed E-state index contributed by atoms with van der Waals surface area (Å²) in [7, 11) is 0. The van der Waals surface area contributed by atoms with Crippen LogP contribution in [0.15, 0.2) is 23.4 Å². The maximum absolute atomic E-state index is 13.2. The Morgan fingerprint density at radius 2 is 2.05 bits per heavy atom. The number of hydrogen-bond donors (Lipinski definition) is 2. The van der Waals surface area contributed by atoms with Crippen LogP contribution in [-0.4, -0.2) is 17.1 Å². The van der Waals surface area contributed by atoms with Crippen LogP contribution < -0.4 is 10.5 Å². The molecular weight excluding hydrogens is 247 g/mol. The first-order valence-corrected chi connectivity index (χ1v) is 6.54. The highest BCUT2D eigenvalue weighted by atomic mass is 19.1. The first-order valence-electron chi connectivity index (χ1n) is 6.54. The fourth-order valence-electron chi connectivity index (χ4n) is 2.39. The summed E-state index contributed by atoms with van der Waals surface area (Å²) in [5.41, 5.74) is 5.84. The van der Waals surface area contributed by atoms with Gasteiger partial charge in [0.25, 0.3) is 0 Å². The van der Waals surface area contributed by atoms with Crippen LogP contribution in [-0.2, 0) is 0 Å². The van der Waals surface area contributed by atoms with E-state index in [1.165, 1.54) is 18.2 Å². The van der Waals surface area contributed by atoms with Crippen molar-refractivity contribution in [3.05, 3.63) is 29.6 Å². The topological polar surface area (TPSA) is 67.8 Å². The summed E-state index contributed by atoms with van der Waals surface area (Å²) in [6.07, 6.45) is 4.34. The van der Waals surface area contributed by atoms with Gasteiger partial charge in [0.1, 0.15) is 11.6 Å². The van der Waals surface area contributed by atoms with E-state index in [0.29, 0.717) is 11.3 Å². The van der Waals surface area contributed by atoms with Gasteiger partial charge in [-0.2, -0.15) is 0 Å². The first-order chi connectivity index (χ1) is 9.10. The Kier molecular flexibility index (Phi) is 4.24. The summed E-state index contributed by atoms with van der Waals surface area (Å²) in [6, 6.07) is 4.06. The minimum Gasteiger partial charge on any atom is -0.490 e. The van der Waals surface area contributed by atoms with E-state index in [9.17, 15) is 4.39 Å². The van der Waals surface area contributed by atoms with Crippen molar-refractivity contribution in [3.8, 4) is 5.75 Å². The van der Waals surface area contributed by atoms with Crippen LogP contribution in [0, 0.1) is 11.7 Å². The third-order valence-electron chi connectivity index (χ3n) is 3.58. The molecule has 0 unspecified atom stereocenters. The van der Waals surface area contributed by atoms with E-state index in [1.807, 2.05) is 0 Å². The average Bonchev–Trinajstić information content (AvgIpc) is 2.42. The van der Waals surface area contributed by atoms with Crippen LogP contribution in [0.2, 0.25) is 0 Å². The number of halogens is 1. The molecule has 0 saturated heterocycles. The van der Waals surface area contributed by atoms with Gasteiger partial charge in [-0.15, -0.1) is 0 Å². The van der Waals surface area contributed by atoms with E-state index in [2.05, 4.69) is 12.1 Å². The standard InChI is InChI=1S/C14H19FN2O2/c1-9-2-5-11(6-3-9)19-13-7-4-10(15)8-12(13)14(16)17-18/h4,7-9,11,18H,2-3,5-6H2,1H3,(H2,16,17). The Morgan fingerprint density at radius 3 is 2.68 bits per heavy atom. The van der Waals surface area contributed by atoms with Crippen molar-refractivity contribution < 1.29 is 14.3 Å². The molecule has 1 aliphatic rings. The van der Waals surface area contributed by atoms with Gasteiger partial charge in [-0.05, 0) is 49.8 Å². The number of ether oxygens (including phenoxy) is 1. The molecule has 0 radical (unpaired) electrons. The Balaban J connectivity index is 2.15. The largest absolute Gasteiger partial charge is 0.490 e. The number of benzene rings is 1. The Morgan fingerprint density at radius 1 is 1.37 bits per heavy atom. The molecule has 0 spiro atoms. The fraction of sp³-hybridized carbons (Fsp3) is 0.500. The summed E-state index contributed by atoms with van der Waals surface area (Å²) in [5.74, 6) is 0.623. The number of oxime groups is 1. The zero-order chi connectivity index (χ0) is 13.8. The molecule has 0 bridgehead atoms. The SMILES string of the molecule is CC1CCC(Oc2ccc(F)cc2C(N)=NO)CC1. The summed E-state index contributed by atoms with van der Waals surface area (Å²) < 4.78 is 19.1. The van der Waals surface area contributed by atoms with Crippen LogP contribution in [0.25, 0.3) is 0 Å². The predicted octanol–water partition coefficient (Wildman–Crippen LogP) is 2.88. The molecule has 0 amide bonds. The summed E-state index contributed by atoms with van der Waals surface area (Å²) in [5, 5.41) is 11.6. The molecule has 1 aromatic rings. The fourth-order valence-corrected chi connectivity index (χ4v) is 2.39. The summed E-state index contributed by atoms with van der Waals surface area (Å²) >= 11 is 0. The zero-order valence-electron chi connectivity index (χ0n) is 11.0. The first kappa shape index (κ1) is 13.6. The second-order valence-corrected chi connectivity index (χ2v) is 5.13. The molecule has 1 aromatic carbocycles. The van der Waals surface area contributed by atoms with Gasteiger partial charge in [-0.1, -0.05) is 12.1 Å². The van der Waals surface area contributed by atoms with Gasteiger partial charge in [-0.3, -0.25) is 0 Å². The van der Waals surface area contributed by atoms with E-state index in [0.717, 1.165) is 31.6 Å². The maximum Gasteiger partial charge on any atom is 0.173 e. The van der Waals surface area contributed by atoms with Crippen molar-refractivity contribution >= 4 is 5.84 Å². The van der Waals surface area contributed by atoms with Gasteiger partial charge in [0.2, 0.25) is 0 Å². The summed E-state index contributed by atoms with van der Waals surface area (Å²) in [4.78, 5) is 0. The van der Waals surface area contributed by atoms with Gasteiger partial charge in [0.05, 0.1) is 11.7 Å². The van der Waals surface area contributed by atoms with Crippen molar-refractivity contribution in [2.24, 2.45) is 16.8 Å². The van der Waals surface area contributed by atoms with Crippen LogP contribution in [0.4, 0.5) is 4.39 Å². The molecule has 4 nitrogen and oxygen atoms in total.